The first-order valence-electron chi connectivity index (χ1n) is 14.9. The Labute approximate surface area is 273 Å². The van der Waals surface area contributed by atoms with Crippen LogP contribution in [0.25, 0.3) is 10.8 Å². The van der Waals surface area contributed by atoms with Crippen LogP contribution in [-0.2, 0) is 9.98 Å². The molecular formula is C36H38FN4O5P. The van der Waals surface area contributed by atoms with Crippen LogP contribution in [0.3, 0.4) is 0 Å². The number of ether oxygens (including phenoxy) is 3. The van der Waals surface area contributed by atoms with Crippen molar-refractivity contribution in [1.82, 2.24) is 4.98 Å². The minimum absolute atomic E-state index is 0.256. The van der Waals surface area contributed by atoms with Crippen LogP contribution in [0, 0.1) is 5.82 Å². The molecule has 0 aliphatic carbocycles. The monoisotopic (exact) mass is 656 g/mol. The molecule has 0 unspecified atom stereocenters. The maximum absolute atomic E-state index is 14.0. The van der Waals surface area contributed by atoms with E-state index in [2.05, 4.69) is 41.7 Å². The van der Waals surface area contributed by atoms with Gasteiger partial charge in [0, 0.05) is 40.9 Å². The predicted molar refractivity (Wildman–Crippen MR) is 188 cm³/mol. The predicted octanol–water partition coefficient (Wildman–Crippen LogP) is 9.12. The topological polar surface area (TPSA) is 111 Å². The van der Waals surface area contributed by atoms with E-state index in [0.717, 1.165) is 16.3 Å². The number of amides is 2. The SMILES string of the molecule is COc1cc(F)cc(Nc2cc(Oc3ccc(NC(=O)Nc4cc(C(C)(C)C)cc(P(C)(C)=O)c4OC)c4ccccc34)ccn2)c1. The van der Waals surface area contributed by atoms with Crippen LogP contribution in [0.2, 0.25) is 0 Å². The van der Waals surface area contributed by atoms with Crippen LogP contribution in [0.4, 0.5) is 32.1 Å². The fourth-order valence-corrected chi connectivity index (χ4v) is 6.22. The summed E-state index contributed by atoms with van der Waals surface area (Å²) in [6.07, 6.45) is 1.58. The Balaban J connectivity index is 1.40. The van der Waals surface area contributed by atoms with Gasteiger partial charge in [-0.1, -0.05) is 45.0 Å². The lowest BCUT2D eigenvalue weighted by molar-refractivity contribution is 0.262. The molecule has 9 nitrogen and oxygen atoms in total. The number of nitrogens with one attached hydrogen (secondary N) is 3. The molecular weight excluding hydrogens is 618 g/mol. The summed E-state index contributed by atoms with van der Waals surface area (Å²) in [5.41, 5.74) is 2.13. The summed E-state index contributed by atoms with van der Waals surface area (Å²) in [4.78, 5) is 17.7. The van der Waals surface area contributed by atoms with Crippen molar-refractivity contribution in [3.8, 4) is 23.0 Å². The molecule has 0 atom stereocenters. The van der Waals surface area contributed by atoms with Gasteiger partial charge in [0.15, 0.2) is 5.75 Å². The Morgan fingerprint density at radius 2 is 1.55 bits per heavy atom. The molecule has 0 aliphatic rings. The third-order valence-corrected chi connectivity index (χ3v) is 8.93. The molecule has 5 rings (SSSR count). The first kappa shape index (κ1) is 33.3. The molecule has 244 valence electrons. The molecule has 0 aliphatic heterocycles. The van der Waals surface area contributed by atoms with E-state index in [1.165, 1.54) is 26.4 Å². The van der Waals surface area contributed by atoms with E-state index in [0.29, 0.717) is 51.2 Å². The first-order valence-corrected chi connectivity index (χ1v) is 17.5. The second-order valence-electron chi connectivity index (χ2n) is 12.4. The lowest BCUT2D eigenvalue weighted by Gasteiger charge is -2.25. The van der Waals surface area contributed by atoms with Crippen LogP contribution in [0.5, 0.6) is 23.0 Å². The Morgan fingerprint density at radius 1 is 0.830 bits per heavy atom. The molecule has 4 aromatic carbocycles. The highest BCUT2D eigenvalue weighted by molar-refractivity contribution is 7.70. The number of fused-ring (bicyclic) bond motifs is 1. The number of halogens is 1. The van der Waals surface area contributed by atoms with Gasteiger partial charge >= 0.3 is 6.03 Å². The number of carbonyl (C=O) groups is 1. The maximum atomic E-state index is 14.0. The van der Waals surface area contributed by atoms with Gasteiger partial charge in [0.05, 0.1) is 30.9 Å². The fraction of sp³-hybridized carbons (Fsp3) is 0.222. The number of aromatic nitrogens is 1. The van der Waals surface area contributed by atoms with Crippen LogP contribution >= 0.6 is 7.14 Å². The van der Waals surface area contributed by atoms with E-state index in [4.69, 9.17) is 14.2 Å². The second kappa shape index (κ2) is 13.3. The van der Waals surface area contributed by atoms with Gasteiger partial charge in [-0.15, -0.1) is 0 Å². The van der Waals surface area contributed by atoms with Crippen molar-refractivity contribution in [3.63, 3.8) is 0 Å². The summed E-state index contributed by atoms with van der Waals surface area (Å²) >= 11 is 0. The largest absolute Gasteiger partial charge is 0.497 e. The van der Waals surface area contributed by atoms with Gasteiger partial charge < -0.3 is 34.7 Å². The third kappa shape index (κ3) is 7.84. The first-order chi connectivity index (χ1) is 22.2. The average molecular weight is 657 g/mol. The highest BCUT2D eigenvalue weighted by atomic mass is 31.2. The minimum Gasteiger partial charge on any atom is -0.497 e. The molecule has 1 heterocycles. The quantitative estimate of drug-likeness (QED) is 0.136. The summed E-state index contributed by atoms with van der Waals surface area (Å²) in [6.45, 7) is 9.53. The Hall–Kier alpha value is -5.08. The highest BCUT2D eigenvalue weighted by Crippen LogP contribution is 2.43. The normalized spacial score (nSPS) is 11.6. The lowest BCUT2D eigenvalue weighted by Crippen LogP contribution is -2.23. The fourth-order valence-electron chi connectivity index (χ4n) is 5.07. The molecule has 0 radical (unpaired) electrons. The van der Waals surface area contributed by atoms with Gasteiger partial charge in [-0.2, -0.15) is 0 Å². The summed E-state index contributed by atoms with van der Waals surface area (Å²) < 4.78 is 44.3. The second-order valence-corrected chi connectivity index (χ2v) is 15.6. The average Bonchev–Trinajstić information content (AvgIpc) is 3.01. The zero-order valence-corrected chi connectivity index (χ0v) is 28.3. The molecule has 5 aromatic rings. The number of hydrogen-bond donors (Lipinski definition) is 3. The van der Waals surface area contributed by atoms with Crippen LogP contribution in [0.15, 0.2) is 85.1 Å². The third-order valence-electron chi connectivity index (χ3n) is 7.44. The molecule has 0 saturated carbocycles. The molecule has 11 heteroatoms. The van der Waals surface area contributed by atoms with Crippen molar-refractivity contribution >= 4 is 52.1 Å². The van der Waals surface area contributed by atoms with Gasteiger partial charge in [-0.3, -0.25) is 0 Å². The molecule has 1 aromatic heterocycles. The molecule has 3 N–H and O–H groups in total. The molecule has 0 bridgehead atoms. The lowest BCUT2D eigenvalue weighted by atomic mass is 9.86. The zero-order chi connectivity index (χ0) is 33.9. The van der Waals surface area contributed by atoms with Crippen molar-refractivity contribution in [3.05, 3.63) is 96.4 Å². The van der Waals surface area contributed by atoms with E-state index >= 15 is 0 Å². The number of carbonyl (C=O) groups excluding carboxylic acids is 1. The number of anilines is 4. The Morgan fingerprint density at radius 3 is 2.23 bits per heavy atom. The van der Waals surface area contributed by atoms with E-state index in [1.807, 2.05) is 36.4 Å². The molecule has 0 saturated heterocycles. The van der Waals surface area contributed by atoms with Crippen LogP contribution in [0.1, 0.15) is 26.3 Å². The molecule has 0 fully saturated rings. The van der Waals surface area contributed by atoms with Crippen molar-refractivity contribution in [1.29, 1.82) is 0 Å². The van der Waals surface area contributed by atoms with E-state index in [1.54, 1.807) is 49.9 Å². The number of benzene rings is 4. The van der Waals surface area contributed by atoms with Crippen molar-refractivity contribution < 1.29 is 28.0 Å². The number of urea groups is 1. The summed E-state index contributed by atoms with van der Waals surface area (Å²) in [5, 5.41) is 11.0. The minimum atomic E-state index is -2.74. The van der Waals surface area contributed by atoms with Crippen LogP contribution in [-0.4, -0.2) is 38.6 Å². The highest BCUT2D eigenvalue weighted by Gasteiger charge is 2.26. The molecule has 0 spiro atoms. The van der Waals surface area contributed by atoms with Crippen molar-refractivity contribution in [2.45, 2.75) is 26.2 Å². The summed E-state index contributed by atoms with van der Waals surface area (Å²) in [7, 11) is 0.234. The van der Waals surface area contributed by atoms with Gasteiger partial charge in [0.2, 0.25) is 0 Å². The maximum Gasteiger partial charge on any atom is 0.323 e. The number of rotatable bonds is 9. The summed E-state index contributed by atoms with van der Waals surface area (Å²) in [5.74, 6) is 1.82. The Bertz CT molecular complexity index is 2000. The summed E-state index contributed by atoms with van der Waals surface area (Å²) in [6, 6.07) is 22.0. The number of hydrogen-bond acceptors (Lipinski definition) is 7. The van der Waals surface area contributed by atoms with E-state index in [-0.39, 0.29) is 5.41 Å². The van der Waals surface area contributed by atoms with E-state index < -0.39 is 19.0 Å². The standard InChI is InChI=1S/C36H38FN4O5P/c1-36(2,3)22-16-30(34(45-5)32(17-22)47(6,7)43)41-35(42)40-29-12-13-31(28-11-9-8-10-27(28)29)46-25-14-15-38-33(21-25)39-24-18-23(37)19-26(20-24)44-4/h8-21H,1-7H3,(H,38,39)(H2,40,41,42). The smallest absolute Gasteiger partial charge is 0.323 e. The van der Waals surface area contributed by atoms with Crippen molar-refractivity contribution in [2.24, 2.45) is 0 Å². The zero-order valence-electron chi connectivity index (χ0n) is 27.4. The van der Waals surface area contributed by atoms with Gasteiger partial charge in [0.1, 0.15) is 36.0 Å². The van der Waals surface area contributed by atoms with Crippen LogP contribution < -0.4 is 35.5 Å². The Kier molecular flexibility index (Phi) is 9.45. The molecule has 2 amide bonds. The van der Waals surface area contributed by atoms with Gasteiger partial charge in [0.25, 0.3) is 0 Å². The number of nitrogens with zero attached hydrogens (tertiary/aromatic N) is 1. The van der Waals surface area contributed by atoms with Gasteiger partial charge in [-0.25, -0.2) is 14.2 Å². The van der Waals surface area contributed by atoms with Crippen molar-refractivity contribution in [2.75, 3.05) is 43.5 Å². The molecule has 47 heavy (non-hydrogen) atoms. The van der Waals surface area contributed by atoms with Gasteiger partial charge in [-0.05, 0) is 60.7 Å². The van der Waals surface area contributed by atoms with E-state index in [9.17, 15) is 13.8 Å². The number of methoxy groups -OCH3 is 2. The number of pyridine rings is 1.